The van der Waals surface area contributed by atoms with E-state index in [1.165, 1.54) is 0 Å². The van der Waals surface area contributed by atoms with Gasteiger partial charge in [0.05, 0.1) is 23.9 Å². The highest BCUT2D eigenvalue weighted by molar-refractivity contribution is 4.76. The van der Waals surface area contributed by atoms with Crippen LogP contribution in [0.2, 0.25) is 0 Å². The lowest BCUT2D eigenvalue weighted by Gasteiger charge is -2.24. The monoisotopic (exact) mass is 206 g/mol. The van der Waals surface area contributed by atoms with Gasteiger partial charge in [-0.1, -0.05) is 6.92 Å². The molecule has 0 saturated heterocycles. The Bertz CT molecular complexity index is 153. The Balaban J connectivity index is 3.88. The van der Waals surface area contributed by atoms with Crippen molar-refractivity contribution in [3.8, 4) is 0 Å². The molecule has 0 aliphatic carbocycles. The molecule has 14 heavy (non-hydrogen) atoms. The van der Waals surface area contributed by atoms with E-state index < -0.39 is 23.9 Å². The molecule has 0 aliphatic heterocycles. The Labute approximate surface area is 85.2 Å². The van der Waals surface area contributed by atoms with Crippen molar-refractivity contribution >= 4 is 0 Å². The molecule has 0 aromatic rings. The van der Waals surface area contributed by atoms with Gasteiger partial charge in [-0.25, -0.2) is 0 Å². The molecular formula is C10H22O4. The van der Waals surface area contributed by atoms with Crippen LogP contribution in [0.4, 0.5) is 0 Å². The molecule has 0 fully saturated rings. The summed E-state index contributed by atoms with van der Waals surface area (Å²) in [4.78, 5) is 0. The van der Waals surface area contributed by atoms with E-state index in [0.29, 0.717) is 6.42 Å². The van der Waals surface area contributed by atoms with Gasteiger partial charge in [-0.2, -0.15) is 0 Å². The molecule has 0 rings (SSSR count). The molecule has 0 aromatic heterocycles. The zero-order valence-corrected chi connectivity index (χ0v) is 9.14. The minimum atomic E-state index is -0.948. The van der Waals surface area contributed by atoms with Crippen LogP contribution < -0.4 is 0 Å². The van der Waals surface area contributed by atoms with E-state index in [2.05, 4.69) is 0 Å². The molecule has 3 atom stereocenters. The average Bonchev–Trinajstić information content (AvgIpc) is 1.99. The smallest absolute Gasteiger partial charge is 0.0823 e. The largest absolute Gasteiger partial charge is 0.393 e. The average molecular weight is 206 g/mol. The van der Waals surface area contributed by atoms with Gasteiger partial charge in [0, 0.05) is 12.8 Å². The summed E-state index contributed by atoms with van der Waals surface area (Å²) >= 11 is 0. The fraction of sp³-hybridized carbons (Fsp3) is 1.00. The molecule has 0 radical (unpaired) electrons. The quantitative estimate of drug-likeness (QED) is 0.494. The minimum Gasteiger partial charge on any atom is -0.393 e. The number of hydrogen-bond donors (Lipinski definition) is 4. The molecule has 4 N–H and O–H groups in total. The number of aliphatic hydroxyl groups is 4. The third-order valence-electron chi connectivity index (χ3n) is 2.11. The lowest BCUT2D eigenvalue weighted by atomic mass is 9.95. The molecule has 0 aromatic carbocycles. The van der Waals surface area contributed by atoms with Gasteiger partial charge in [0.15, 0.2) is 0 Å². The van der Waals surface area contributed by atoms with Gasteiger partial charge < -0.3 is 20.4 Å². The normalized spacial score (nSPS) is 19.1. The van der Waals surface area contributed by atoms with Crippen LogP contribution in [0, 0.1) is 0 Å². The maximum absolute atomic E-state index is 9.47. The Kier molecular flexibility index (Phi) is 5.59. The van der Waals surface area contributed by atoms with Crippen LogP contribution in [0.5, 0.6) is 0 Å². The summed E-state index contributed by atoms with van der Waals surface area (Å²) in [7, 11) is 0. The summed E-state index contributed by atoms with van der Waals surface area (Å²) in [6, 6.07) is 0. The maximum Gasteiger partial charge on any atom is 0.0823 e. The molecule has 4 heteroatoms. The summed E-state index contributed by atoms with van der Waals surface area (Å²) in [5, 5.41) is 37.5. The zero-order chi connectivity index (χ0) is 11.4. The predicted octanol–water partition coefficient (Wildman–Crippen LogP) is 0.0302. The van der Waals surface area contributed by atoms with Crippen LogP contribution in [0.1, 0.15) is 40.0 Å². The van der Waals surface area contributed by atoms with Crippen LogP contribution in [-0.2, 0) is 0 Å². The van der Waals surface area contributed by atoms with Gasteiger partial charge in [0.2, 0.25) is 0 Å². The minimum absolute atomic E-state index is 0.0962. The van der Waals surface area contributed by atoms with Crippen LogP contribution in [0.25, 0.3) is 0 Å². The summed E-state index contributed by atoms with van der Waals surface area (Å²) < 4.78 is 0. The summed E-state index contributed by atoms with van der Waals surface area (Å²) in [6.07, 6.45) is -1.76. The highest BCUT2D eigenvalue weighted by Gasteiger charge is 2.23. The first-order valence-corrected chi connectivity index (χ1v) is 5.03. The Morgan fingerprint density at radius 3 is 1.93 bits per heavy atom. The highest BCUT2D eigenvalue weighted by atomic mass is 16.3. The van der Waals surface area contributed by atoms with Crippen molar-refractivity contribution in [1.29, 1.82) is 0 Å². The van der Waals surface area contributed by atoms with Crippen LogP contribution >= 0.6 is 0 Å². The molecule has 0 spiro atoms. The SMILES string of the molecule is CCC(O)C(O)CC(O)CC(C)(C)O. The summed E-state index contributed by atoms with van der Waals surface area (Å²) in [5.41, 5.74) is -0.948. The number of rotatable bonds is 6. The van der Waals surface area contributed by atoms with E-state index in [9.17, 15) is 20.4 Å². The lowest BCUT2D eigenvalue weighted by Crippen LogP contribution is -2.33. The van der Waals surface area contributed by atoms with Crippen molar-refractivity contribution in [2.75, 3.05) is 0 Å². The molecule has 0 heterocycles. The summed E-state index contributed by atoms with van der Waals surface area (Å²) in [6.45, 7) is 4.95. The third kappa shape index (κ3) is 6.32. The van der Waals surface area contributed by atoms with Crippen molar-refractivity contribution < 1.29 is 20.4 Å². The molecular weight excluding hydrogens is 184 g/mol. The van der Waals surface area contributed by atoms with Gasteiger partial charge in [-0.3, -0.25) is 0 Å². The second-order valence-corrected chi connectivity index (χ2v) is 4.45. The van der Waals surface area contributed by atoms with Gasteiger partial charge in [-0.05, 0) is 20.3 Å². The van der Waals surface area contributed by atoms with E-state index in [0.717, 1.165) is 0 Å². The van der Waals surface area contributed by atoms with Crippen molar-refractivity contribution in [2.45, 2.75) is 63.9 Å². The Hall–Kier alpha value is -0.160. The second-order valence-electron chi connectivity index (χ2n) is 4.45. The molecule has 0 amide bonds. The molecule has 86 valence electrons. The van der Waals surface area contributed by atoms with Crippen LogP contribution in [0.15, 0.2) is 0 Å². The van der Waals surface area contributed by atoms with E-state index in [4.69, 9.17) is 0 Å². The first-order chi connectivity index (χ1) is 6.26. The van der Waals surface area contributed by atoms with Gasteiger partial charge >= 0.3 is 0 Å². The van der Waals surface area contributed by atoms with Crippen molar-refractivity contribution in [1.82, 2.24) is 0 Å². The topological polar surface area (TPSA) is 80.9 Å². The molecule has 4 nitrogen and oxygen atoms in total. The number of hydrogen-bond acceptors (Lipinski definition) is 4. The van der Waals surface area contributed by atoms with E-state index in [-0.39, 0.29) is 12.8 Å². The zero-order valence-electron chi connectivity index (χ0n) is 9.14. The fourth-order valence-corrected chi connectivity index (χ4v) is 1.37. The molecule has 0 saturated carbocycles. The summed E-state index contributed by atoms with van der Waals surface area (Å²) in [5.74, 6) is 0. The van der Waals surface area contributed by atoms with Gasteiger partial charge in [-0.15, -0.1) is 0 Å². The third-order valence-corrected chi connectivity index (χ3v) is 2.11. The van der Waals surface area contributed by atoms with Crippen molar-refractivity contribution in [2.24, 2.45) is 0 Å². The number of aliphatic hydroxyl groups excluding tert-OH is 3. The van der Waals surface area contributed by atoms with E-state index >= 15 is 0 Å². The lowest BCUT2D eigenvalue weighted by molar-refractivity contribution is -0.0363. The van der Waals surface area contributed by atoms with Crippen LogP contribution in [-0.4, -0.2) is 44.3 Å². The maximum atomic E-state index is 9.47. The highest BCUT2D eigenvalue weighted by Crippen LogP contribution is 2.15. The van der Waals surface area contributed by atoms with E-state index in [1.807, 2.05) is 0 Å². The fourth-order valence-electron chi connectivity index (χ4n) is 1.37. The first kappa shape index (κ1) is 13.8. The van der Waals surface area contributed by atoms with Crippen LogP contribution in [0.3, 0.4) is 0 Å². The van der Waals surface area contributed by atoms with Crippen molar-refractivity contribution in [3.05, 3.63) is 0 Å². The predicted molar refractivity (Wildman–Crippen MR) is 53.8 cm³/mol. The Morgan fingerprint density at radius 2 is 1.57 bits per heavy atom. The standard InChI is InChI=1S/C10H22O4/c1-4-8(12)9(13)5-7(11)6-10(2,3)14/h7-9,11-14H,4-6H2,1-3H3. The molecule has 0 bridgehead atoms. The first-order valence-electron chi connectivity index (χ1n) is 5.03. The molecule has 0 aliphatic rings. The molecule has 3 unspecified atom stereocenters. The van der Waals surface area contributed by atoms with Crippen molar-refractivity contribution in [3.63, 3.8) is 0 Å². The van der Waals surface area contributed by atoms with E-state index in [1.54, 1.807) is 20.8 Å². The Morgan fingerprint density at radius 1 is 1.07 bits per heavy atom. The second kappa shape index (κ2) is 5.66. The van der Waals surface area contributed by atoms with Gasteiger partial charge in [0.25, 0.3) is 0 Å². The van der Waals surface area contributed by atoms with Gasteiger partial charge in [0.1, 0.15) is 0 Å².